The Bertz CT molecular complexity index is 666. The number of anilines is 1. The molecule has 2 aromatic carbocycles. The number of methoxy groups -OCH3 is 1. The fourth-order valence-electron chi connectivity index (χ4n) is 1.80. The first-order valence-electron chi connectivity index (χ1n) is 5.73. The highest BCUT2D eigenvalue weighted by molar-refractivity contribution is 7.90. The van der Waals surface area contributed by atoms with Gasteiger partial charge in [-0.3, -0.25) is 0 Å². The molecule has 4 nitrogen and oxygen atoms in total. The van der Waals surface area contributed by atoms with E-state index in [-0.39, 0.29) is 5.75 Å². The Morgan fingerprint density at radius 3 is 2.37 bits per heavy atom. The van der Waals surface area contributed by atoms with Gasteiger partial charge in [0.2, 0.25) is 0 Å². The molecule has 2 aromatic rings. The normalized spacial score (nSPS) is 11.2. The van der Waals surface area contributed by atoms with E-state index in [1.807, 2.05) is 0 Å². The number of hydrogen-bond donors (Lipinski definition) is 1. The molecule has 0 aliphatic carbocycles. The smallest absolute Gasteiger partial charge is 0.182 e. The van der Waals surface area contributed by atoms with Crippen LogP contribution in [0.3, 0.4) is 0 Å². The summed E-state index contributed by atoms with van der Waals surface area (Å²) in [6.07, 6.45) is 0. The first-order valence-corrected chi connectivity index (χ1v) is 7.38. The minimum Gasteiger partial charge on any atom is -0.495 e. The van der Waals surface area contributed by atoms with E-state index >= 15 is 0 Å². The van der Waals surface area contributed by atoms with Gasteiger partial charge in [0.1, 0.15) is 5.75 Å². The van der Waals surface area contributed by atoms with Crippen LogP contribution >= 0.6 is 0 Å². The van der Waals surface area contributed by atoms with Gasteiger partial charge in [0.15, 0.2) is 9.84 Å². The molecule has 0 fully saturated rings. The molecular weight excluding hydrogens is 262 g/mol. The van der Waals surface area contributed by atoms with Crippen LogP contribution in [0.15, 0.2) is 53.4 Å². The predicted molar refractivity (Wildman–Crippen MR) is 74.7 cm³/mol. The van der Waals surface area contributed by atoms with Crippen LogP contribution < -0.4 is 10.5 Å². The van der Waals surface area contributed by atoms with Crippen LogP contribution in [-0.2, 0) is 15.6 Å². The molecule has 0 heterocycles. The Morgan fingerprint density at radius 1 is 1.11 bits per heavy atom. The summed E-state index contributed by atoms with van der Waals surface area (Å²) < 4.78 is 29.4. The largest absolute Gasteiger partial charge is 0.495 e. The molecule has 19 heavy (non-hydrogen) atoms. The third kappa shape index (κ3) is 3.06. The van der Waals surface area contributed by atoms with Crippen LogP contribution in [0.5, 0.6) is 5.75 Å². The fraction of sp³-hybridized carbons (Fsp3) is 0.143. The van der Waals surface area contributed by atoms with Gasteiger partial charge in [-0.2, -0.15) is 0 Å². The monoisotopic (exact) mass is 277 g/mol. The standard InChI is InChI=1S/C14H15NO3S/c1-18-14-8-7-11(9-13(14)15)10-19(16,17)12-5-3-2-4-6-12/h2-9H,10,15H2,1H3. The molecule has 0 aromatic heterocycles. The number of benzene rings is 2. The van der Waals surface area contributed by atoms with Crippen molar-refractivity contribution in [3.8, 4) is 5.75 Å². The van der Waals surface area contributed by atoms with Crippen LogP contribution in [0.2, 0.25) is 0 Å². The van der Waals surface area contributed by atoms with Crippen LogP contribution in [0, 0.1) is 0 Å². The Labute approximate surface area is 112 Å². The lowest BCUT2D eigenvalue weighted by Crippen LogP contribution is -2.05. The number of nitrogens with two attached hydrogens (primary N) is 1. The number of hydrogen-bond acceptors (Lipinski definition) is 4. The molecule has 5 heteroatoms. The van der Waals surface area contributed by atoms with E-state index < -0.39 is 9.84 Å². The average molecular weight is 277 g/mol. The second-order valence-electron chi connectivity index (χ2n) is 4.15. The summed E-state index contributed by atoms with van der Waals surface area (Å²) >= 11 is 0. The summed E-state index contributed by atoms with van der Waals surface area (Å²) in [6.45, 7) is 0. The van der Waals surface area contributed by atoms with Crippen LogP contribution in [0.1, 0.15) is 5.56 Å². The summed E-state index contributed by atoms with van der Waals surface area (Å²) in [5.74, 6) is 0.464. The van der Waals surface area contributed by atoms with Crippen molar-refractivity contribution in [2.75, 3.05) is 12.8 Å². The summed E-state index contributed by atoms with van der Waals surface area (Å²) in [5.41, 5.74) is 6.84. The molecule has 2 rings (SSSR count). The van der Waals surface area contributed by atoms with Gasteiger partial charge in [-0.15, -0.1) is 0 Å². The zero-order valence-electron chi connectivity index (χ0n) is 10.5. The van der Waals surface area contributed by atoms with Gasteiger partial charge < -0.3 is 10.5 Å². The van der Waals surface area contributed by atoms with E-state index in [1.165, 1.54) is 7.11 Å². The highest BCUT2D eigenvalue weighted by atomic mass is 32.2. The predicted octanol–water partition coefficient (Wildman–Crippen LogP) is 2.25. The summed E-state index contributed by atoms with van der Waals surface area (Å²) in [7, 11) is -1.83. The van der Waals surface area contributed by atoms with E-state index in [0.29, 0.717) is 21.9 Å². The van der Waals surface area contributed by atoms with Crippen LogP contribution in [0.4, 0.5) is 5.69 Å². The lowest BCUT2D eigenvalue weighted by Gasteiger charge is -2.08. The van der Waals surface area contributed by atoms with Gasteiger partial charge in [0, 0.05) is 0 Å². The summed E-state index contributed by atoms with van der Waals surface area (Å²) in [4.78, 5) is 0.310. The fourth-order valence-corrected chi connectivity index (χ4v) is 3.16. The average Bonchev–Trinajstić information content (AvgIpc) is 2.39. The lowest BCUT2D eigenvalue weighted by atomic mass is 10.2. The first kappa shape index (κ1) is 13.4. The Kier molecular flexibility index (Phi) is 3.76. The maximum atomic E-state index is 12.2. The van der Waals surface area contributed by atoms with E-state index in [1.54, 1.807) is 48.5 Å². The van der Waals surface area contributed by atoms with Crippen molar-refractivity contribution in [2.45, 2.75) is 10.6 Å². The van der Waals surface area contributed by atoms with E-state index in [4.69, 9.17) is 10.5 Å². The zero-order valence-corrected chi connectivity index (χ0v) is 11.4. The van der Waals surface area contributed by atoms with Crippen molar-refractivity contribution < 1.29 is 13.2 Å². The van der Waals surface area contributed by atoms with Gasteiger partial charge in [0.25, 0.3) is 0 Å². The van der Waals surface area contributed by atoms with Gasteiger partial charge in [-0.25, -0.2) is 8.42 Å². The van der Waals surface area contributed by atoms with Crippen molar-refractivity contribution >= 4 is 15.5 Å². The Morgan fingerprint density at radius 2 is 1.79 bits per heavy atom. The third-order valence-corrected chi connectivity index (χ3v) is 4.46. The second-order valence-corrected chi connectivity index (χ2v) is 6.14. The molecule has 0 atom stereocenters. The van der Waals surface area contributed by atoms with E-state index in [9.17, 15) is 8.42 Å². The van der Waals surface area contributed by atoms with Gasteiger partial charge in [0.05, 0.1) is 23.4 Å². The first-order chi connectivity index (χ1) is 9.03. The number of sulfone groups is 1. The van der Waals surface area contributed by atoms with Crippen molar-refractivity contribution in [3.05, 3.63) is 54.1 Å². The van der Waals surface area contributed by atoms with Gasteiger partial charge in [-0.05, 0) is 29.8 Å². The topological polar surface area (TPSA) is 69.4 Å². The summed E-state index contributed by atoms with van der Waals surface area (Å²) in [5, 5.41) is 0. The van der Waals surface area contributed by atoms with Crippen molar-refractivity contribution in [2.24, 2.45) is 0 Å². The Balaban J connectivity index is 2.29. The minimum atomic E-state index is -3.35. The molecule has 0 amide bonds. The maximum absolute atomic E-state index is 12.2. The number of rotatable bonds is 4. The zero-order chi connectivity index (χ0) is 13.9. The van der Waals surface area contributed by atoms with Crippen molar-refractivity contribution in [1.29, 1.82) is 0 Å². The quantitative estimate of drug-likeness (QED) is 0.870. The molecule has 2 N–H and O–H groups in total. The molecule has 0 spiro atoms. The molecule has 0 radical (unpaired) electrons. The van der Waals surface area contributed by atoms with Crippen molar-refractivity contribution in [1.82, 2.24) is 0 Å². The second kappa shape index (κ2) is 5.32. The third-order valence-electron chi connectivity index (χ3n) is 2.75. The molecular formula is C14H15NO3S. The van der Waals surface area contributed by atoms with Crippen LogP contribution in [0.25, 0.3) is 0 Å². The van der Waals surface area contributed by atoms with Crippen molar-refractivity contribution in [3.63, 3.8) is 0 Å². The summed E-state index contributed by atoms with van der Waals surface area (Å²) in [6, 6.07) is 13.4. The molecule has 0 bridgehead atoms. The van der Waals surface area contributed by atoms with Gasteiger partial charge in [-0.1, -0.05) is 24.3 Å². The molecule has 0 aliphatic rings. The number of ether oxygens (including phenoxy) is 1. The molecule has 0 unspecified atom stereocenters. The van der Waals surface area contributed by atoms with E-state index in [2.05, 4.69) is 0 Å². The molecule has 100 valence electrons. The SMILES string of the molecule is COc1ccc(CS(=O)(=O)c2ccccc2)cc1N. The molecule has 0 saturated heterocycles. The molecule has 0 saturated carbocycles. The number of nitrogen functional groups attached to an aromatic ring is 1. The minimum absolute atomic E-state index is 0.0782. The molecule has 0 aliphatic heterocycles. The Hall–Kier alpha value is -2.01. The highest BCUT2D eigenvalue weighted by Crippen LogP contribution is 2.24. The lowest BCUT2D eigenvalue weighted by molar-refractivity contribution is 0.417. The van der Waals surface area contributed by atoms with E-state index in [0.717, 1.165) is 0 Å². The van der Waals surface area contributed by atoms with Crippen LogP contribution in [-0.4, -0.2) is 15.5 Å². The highest BCUT2D eigenvalue weighted by Gasteiger charge is 2.15. The maximum Gasteiger partial charge on any atom is 0.182 e. The van der Waals surface area contributed by atoms with Gasteiger partial charge >= 0.3 is 0 Å².